The zero-order valence-corrected chi connectivity index (χ0v) is 71.9. The van der Waals surface area contributed by atoms with Gasteiger partial charge in [0, 0.05) is 44.5 Å². The van der Waals surface area contributed by atoms with E-state index in [-0.39, 0.29) is 10.8 Å². The van der Waals surface area contributed by atoms with E-state index in [1.54, 1.807) is 0 Å². The highest BCUT2D eigenvalue weighted by Gasteiger charge is 2.40. The van der Waals surface area contributed by atoms with Crippen LogP contribution < -0.4 is 9.80 Å². The molecule has 0 N–H and O–H groups in total. The average molecular weight is 1630 g/mol. The molecule has 0 fully saturated rings. The van der Waals surface area contributed by atoms with Gasteiger partial charge in [0.2, 0.25) is 0 Å². The van der Waals surface area contributed by atoms with Gasteiger partial charge in [-0.2, -0.15) is 0 Å². The van der Waals surface area contributed by atoms with Gasteiger partial charge in [-0.1, -0.05) is 434 Å². The summed E-state index contributed by atoms with van der Waals surface area (Å²) in [4.78, 5) is 5.06. The molecule has 0 aliphatic heterocycles. The van der Waals surface area contributed by atoms with Gasteiger partial charge in [-0.05, 0) is 244 Å². The monoisotopic (exact) mass is 1630 g/mol. The quantitative estimate of drug-likeness (QED) is 0.0839. The van der Waals surface area contributed by atoms with Crippen molar-refractivity contribution in [1.82, 2.24) is 0 Å². The molecule has 0 atom stereocenters. The summed E-state index contributed by atoms with van der Waals surface area (Å²) in [6.45, 7) is 9.61. The Morgan fingerprint density at radius 1 is 0.156 bits per heavy atom. The second-order valence-corrected chi connectivity index (χ2v) is 35.2. The maximum absolute atomic E-state index is 2.54. The van der Waals surface area contributed by atoms with Crippen LogP contribution in [0.3, 0.4) is 0 Å². The van der Waals surface area contributed by atoms with Crippen LogP contribution in [0, 0.1) is 0 Å². The molecule has 128 heavy (non-hydrogen) atoms. The lowest BCUT2D eigenvalue weighted by Gasteiger charge is -2.31. The summed E-state index contributed by atoms with van der Waals surface area (Å²) in [7, 11) is 0. The minimum absolute atomic E-state index is 0.178. The molecule has 0 amide bonds. The maximum atomic E-state index is 2.54. The second-order valence-electron chi connectivity index (χ2n) is 35.2. The number of rotatable bonds is 17. The van der Waals surface area contributed by atoms with Crippen molar-refractivity contribution in [2.75, 3.05) is 9.80 Å². The van der Waals surface area contributed by atoms with Crippen molar-refractivity contribution in [3.63, 3.8) is 0 Å². The highest BCUT2D eigenvalue weighted by atomic mass is 15.2. The maximum Gasteiger partial charge on any atom is 0.0540 e. The van der Waals surface area contributed by atoms with Crippen LogP contribution in [0.25, 0.3) is 177 Å². The van der Waals surface area contributed by atoms with Crippen LogP contribution in [0.15, 0.2) is 473 Å². The van der Waals surface area contributed by atoms with Gasteiger partial charge < -0.3 is 9.80 Å². The van der Waals surface area contributed by atoms with Crippen molar-refractivity contribution in [2.45, 2.75) is 38.5 Å². The molecule has 2 heteroatoms. The Bertz CT molecular complexity index is 7930. The van der Waals surface area contributed by atoms with Gasteiger partial charge in [0.15, 0.2) is 0 Å². The van der Waals surface area contributed by atoms with Gasteiger partial charge in [-0.15, -0.1) is 0 Å². The SMILES string of the molecule is CC1(C)c2ccccc2-c2c(-c3ccccc3N(c3ccc(-c4cccc5cc(-c6ccc7c(c6)C(C)(C)c6cccc(-c8ccccc8N(c8ccc9c(ccc%10ccccc%109)c8)c8ccccc8-c8ccccc8-c8ccccc8-c8ccccc8)c6-7)cc(-c6ccccc6)c45)cc3)c3ccccc3-c3ccccc3-c3ccccc3-c3ccccc3)cccc21. The van der Waals surface area contributed by atoms with Gasteiger partial charge in [0.05, 0.1) is 22.7 Å². The molecule has 0 bridgehead atoms. The summed E-state index contributed by atoms with van der Waals surface area (Å²) >= 11 is 0. The van der Waals surface area contributed by atoms with Crippen molar-refractivity contribution < 1.29 is 0 Å². The van der Waals surface area contributed by atoms with Gasteiger partial charge in [-0.3, -0.25) is 0 Å². The molecule has 0 radical (unpaired) electrons. The smallest absolute Gasteiger partial charge is 0.0540 e. The molecule has 21 aromatic rings. The van der Waals surface area contributed by atoms with E-state index in [2.05, 4.69) is 511 Å². The summed E-state index contributed by atoms with van der Waals surface area (Å²) in [5, 5.41) is 7.26. The normalized spacial score (nSPS) is 12.7. The first-order valence-corrected chi connectivity index (χ1v) is 44.7. The Morgan fingerprint density at radius 3 is 1.01 bits per heavy atom. The first-order valence-electron chi connectivity index (χ1n) is 44.7. The molecular weight excluding hydrogens is 1540 g/mol. The molecule has 0 aromatic heterocycles. The lowest BCUT2D eigenvalue weighted by molar-refractivity contribution is 0.660. The van der Waals surface area contributed by atoms with Crippen LogP contribution in [-0.2, 0) is 10.8 Å². The lowest BCUT2D eigenvalue weighted by Crippen LogP contribution is -2.15. The number of benzene rings is 21. The van der Waals surface area contributed by atoms with Crippen molar-refractivity contribution in [3.8, 4) is 145 Å². The fourth-order valence-corrected chi connectivity index (χ4v) is 21.3. The highest BCUT2D eigenvalue weighted by Crippen LogP contribution is 2.59. The van der Waals surface area contributed by atoms with Crippen molar-refractivity contribution in [1.29, 1.82) is 0 Å². The van der Waals surface area contributed by atoms with Gasteiger partial charge in [0.25, 0.3) is 0 Å². The second kappa shape index (κ2) is 31.7. The number of hydrogen-bond donors (Lipinski definition) is 0. The third-order valence-electron chi connectivity index (χ3n) is 27.3. The first kappa shape index (κ1) is 76.9. The number of para-hydroxylation sites is 4. The molecule has 2 aliphatic rings. The standard InChI is InChI=1S/C126H90N2/c1-125(2)114-62-29-24-58-111(114)123-109(60-35-63-115(123)125)107-56-27-32-67-120(107)127(118-65-30-25-54-105(118)103-52-22-20-50-101(103)99-48-18-16-46-95(99)83-37-8-5-9-38-83)92-74-71-87(72-75-92)98-59-34-44-90-79-91(81-113(122(90)98)85-41-12-7-13-42-85)88-73-77-112-117(82-88)126(3,4)116-64-36-61-110(124(112)116)108-57-28-33-68-121(108)128(93-76-78-97-89(80-93)70-69-86-43-14-15-45-94(86)97)119-66-31-26-55-106(119)104-53-23-21-51-102(104)100-49-19-17-47-96(100)84-39-10-6-11-40-84/h5-82H,1-4H3. The van der Waals surface area contributed by atoms with Crippen LogP contribution in [0.4, 0.5) is 34.1 Å². The molecule has 2 nitrogen and oxygen atoms in total. The molecule has 23 rings (SSSR count). The van der Waals surface area contributed by atoms with E-state index in [4.69, 9.17) is 0 Å². The molecule has 0 saturated carbocycles. The molecule has 0 spiro atoms. The first-order chi connectivity index (χ1) is 63.1. The Hall–Kier alpha value is -16.0. The Morgan fingerprint density at radius 2 is 0.484 bits per heavy atom. The summed E-state index contributed by atoms with van der Waals surface area (Å²) in [6, 6.07) is 176. The predicted octanol–water partition coefficient (Wildman–Crippen LogP) is 35.0. The summed E-state index contributed by atoms with van der Waals surface area (Å²) in [5.74, 6) is 0. The number of fused-ring (bicyclic) bond motifs is 10. The number of nitrogens with zero attached hydrogens (tertiary/aromatic N) is 2. The number of anilines is 6. The zero-order valence-electron chi connectivity index (χ0n) is 71.9. The number of hydrogen-bond acceptors (Lipinski definition) is 2. The fourth-order valence-electron chi connectivity index (χ4n) is 21.3. The van der Waals surface area contributed by atoms with E-state index in [0.29, 0.717) is 0 Å². The van der Waals surface area contributed by atoms with Crippen molar-refractivity contribution in [3.05, 3.63) is 495 Å². The Labute approximate surface area is 749 Å². The summed E-state index contributed by atoms with van der Waals surface area (Å²) in [6.07, 6.45) is 0. The molecule has 0 saturated heterocycles. The third-order valence-corrected chi connectivity index (χ3v) is 27.3. The summed E-state index contributed by atoms with van der Waals surface area (Å²) < 4.78 is 0. The topological polar surface area (TPSA) is 6.48 Å². The van der Waals surface area contributed by atoms with Crippen LogP contribution in [-0.4, -0.2) is 0 Å². The lowest BCUT2D eigenvalue weighted by atomic mass is 9.81. The zero-order chi connectivity index (χ0) is 85.6. The average Bonchev–Trinajstić information content (AvgIpc) is 1.55. The minimum atomic E-state index is -0.360. The third kappa shape index (κ3) is 13.0. The van der Waals surface area contributed by atoms with Crippen molar-refractivity contribution in [2.24, 2.45) is 0 Å². The minimum Gasteiger partial charge on any atom is -0.309 e. The Balaban J connectivity index is 0.647. The van der Waals surface area contributed by atoms with Gasteiger partial charge in [0.1, 0.15) is 0 Å². The largest absolute Gasteiger partial charge is 0.309 e. The molecule has 0 heterocycles. The summed E-state index contributed by atoms with van der Waals surface area (Å²) in [5.41, 5.74) is 42.1. The molecule has 0 unspecified atom stereocenters. The van der Waals surface area contributed by atoms with Crippen LogP contribution in [0.1, 0.15) is 49.9 Å². The highest BCUT2D eigenvalue weighted by molar-refractivity contribution is 6.12. The van der Waals surface area contributed by atoms with E-state index in [0.717, 1.165) is 78.6 Å². The molecular formula is C126H90N2. The van der Waals surface area contributed by atoms with E-state index in [1.165, 1.54) is 155 Å². The molecule has 21 aromatic carbocycles. The molecule has 2 aliphatic carbocycles. The van der Waals surface area contributed by atoms with E-state index < -0.39 is 0 Å². The predicted molar refractivity (Wildman–Crippen MR) is 543 cm³/mol. The van der Waals surface area contributed by atoms with Gasteiger partial charge >= 0.3 is 0 Å². The van der Waals surface area contributed by atoms with Crippen LogP contribution >= 0.6 is 0 Å². The molecule has 604 valence electrons. The Kier molecular flexibility index (Phi) is 19.0. The van der Waals surface area contributed by atoms with Crippen molar-refractivity contribution >= 4 is 66.4 Å². The van der Waals surface area contributed by atoms with Crippen LogP contribution in [0.5, 0.6) is 0 Å². The van der Waals surface area contributed by atoms with Gasteiger partial charge in [-0.25, -0.2) is 0 Å². The van der Waals surface area contributed by atoms with E-state index in [1.807, 2.05) is 0 Å². The fraction of sp³-hybridized carbons (Fsp3) is 0.0476. The van der Waals surface area contributed by atoms with E-state index >= 15 is 0 Å². The van der Waals surface area contributed by atoms with Crippen LogP contribution in [0.2, 0.25) is 0 Å². The van der Waals surface area contributed by atoms with E-state index in [9.17, 15) is 0 Å².